The third kappa shape index (κ3) is 4.62. The molecule has 1 aromatic heterocycles. The Kier molecular flexibility index (Phi) is 6.00. The fraction of sp³-hybridized carbons (Fsp3) is 0.692. The lowest BCUT2D eigenvalue weighted by atomic mass is 10.2. The van der Waals surface area contributed by atoms with Gasteiger partial charge in [-0.25, -0.2) is 0 Å². The molecule has 0 radical (unpaired) electrons. The average molecular weight is 331 g/mol. The molecular weight excluding hydrogens is 308 g/mol. The maximum atomic E-state index is 11.8. The molecule has 2 N–H and O–H groups in total. The van der Waals surface area contributed by atoms with Crippen LogP contribution in [-0.4, -0.2) is 28.3 Å². The van der Waals surface area contributed by atoms with Gasteiger partial charge in [0.25, 0.3) is 0 Å². The molecule has 0 fully saturated rings. The highest BCUT2D eigenvalue weighted by molar-refractivity contribution is 9.10. The Morgan fingerprint density at radius 1 is 1.42 bits per heavy atom. The maximum Gasteiger partial charge on any atom is 0.236 e. The van der Waals surface area contributed by atoms with Gasteiger partial charge in [-0.15, -0.1) is 0 Å². The van der Waals surface area contributed by atoms with Crippen molar-refractivity contribution in [1.29, 1.82) is 0 Å². The Labute approximate surface area is 123 Å². The number of carbonyl (C=O) groups excluding carboxylic acids is 1. The number of rotatable bonds is 6. The monoisotopic (exact) mass is 330 g/mol. The van der Waals surface area contributed by atoms with Gasteiger partial charge in [-0.2, -0.15) is 5.10 Å². The smallest absolute Gasteiger partial charge is 0.236 e. The molecule has 0 aliphatic rings. The Morgan fingerprint density at radius 2 is 2.05 bits per heavy atom. The summed E-state index contributed by atoms with van der Waals surface area (Å²) in [6.07, 6.45) is 0. The summed E-state index contributed by atoms with van der Waals surface area (Å²) < 4.78 is 2.82. The number of hydrogen-bond acceptors (Lipinski definition) is 3. The van der Waals surface area contributed by atoms with Gasteiger partial charge in [0.2, 0.25) is 5.91 Å². The number of halogens is 1. The number of aryl methyl sites for hydroxylation is 2. The van der Waals surface area contributed by atoms with E-state index in [1.165, 1.54) is 0 Å². The van der Waals surface area contributed by atoms with E-state index in [4.69, 9.17) is 0 Å². The van der Waals surface area contributed by atoms with E-state index in [2.05, 4.69) is 45.5 Å². The molecule has 0 spiro atoms. The van der Waals surface area contributed by atoms with Gasteiger partial charge in [0, 0.05) is 20.1 Å². The predicted octanol–water partition coefficient (Wildman–Crippen LogP) is 1.74. The van der Waals surface area contributed by atoms with Crippen molar-refractivity contribution in [2.75, 3.05) is 6.54 Å². The van der Waals surface area contributed by atoms with Gasteiger partial charge < -0.3 is 10.6 Å². The number of hydrogen-bond donors (Lipinski definition) is 2. The minimum atomic E-state index is -0.221. The quantitative estimate of drug-likeness (QED) is 0.835. The van der Waals surface area contributed by atoms with Crippen LogP contribution < -0.4 is 10.6 Å². The topological polar surface area (TPSA) is 59.0 Å². The second kappa shape index (κ2) is 7.05. The van der Waals surface area contributed by atoms with Crippen LogP contribution in [-0.2, 0) is 18.4 Å². The van der Waals surface area contributed by atoms with Gasteiger partial charge in [0.15, 0.2) is 0 Å². The van der Waals surface area contributed by atoms with Crippen LogP contribution in [0, 0.1) is 12.8 Å². The van der Waals surface area contributed by atoms with Crippen molar-refractivity contribution in [3.05, 3.63) is 15.9 Å². The van der Waals surface area contributed by atoms with E-state index >= 15 is 0 Å². The molecule has 0 aliphatic heterocycles. The van der Waals surface area contributed by atoms with Gasteiger partial charge in [0.1, 0.15) is 0 Å². The van der Waals surface area contributed by atoms with Crippen LogP contribution >= 0.6 is 15.9 Å². The lowest BCUT2D eigenvalue weighted by Crippen LogP contribution is -2.43. The third-order valence-electron chi connectivity index (χ3n) is 2.92. The van der Waals surface area contributed by atoms with Crippen molar-refractivity contribution >= 4 is 21.8 Å². The zero-order valence-corrected chi connectivity index (χ0v) is 13.8. The molecule has 5 nitrogen and oxygen atoms in total. The van der Waals surface area contributed by atoms with Crippen molar-refractivity contribution in [3.63, 3.8) is 0 Å². The Hall–Kier alpha value is -0.880. The van der Waals surface area contributed by atoms with E-state index in [0.29, 0.717) is 19.0 Å². The molecule has 1 atom stereocenters. The summed E-state index contributed by atoms with van der Waals surface area (Å²) in [5.74, 6) is 0.494. The summed E-state index contributed by atoms with van der Waals surface area (Å²) in [7, 11) is 1.90. The van der Waals surface area contributed by atoms with Gasteiger partial charge in [-0.1, -0.05) is 13.8 Å². The van der Waals surface area contributed by atoms with Crippen molar-refractivity contribution in [2.45, 2.75) is 40.3 Å². The van der Waals surface area contributed by atoms with Crippen LogP contribution in [0.2, 0.25) is 0 Å². The molecule has 0 aliphatic carbocycles. The first-order valence-corrected chi connectivity index (χ1v) is 7.31. The summed E-state index contributed by atoms with van der Waals surface area (Å²) in [5, 5.41) is 10.5. The van der Waals surface area contributed by atoms with Crippen molar-refractivity contribution in [3.8, 4) is 0 Å². The number of amides is 1. The van der Waals surface area contributed by atoms with Crippen LogP contribution in [0.1, 0.15) is 32.2 Å². The van der Waals surface area contributed by atoms with Crippen LogP contribution in [0.15, 0.2) is 4.47 Å². The minimum Gasteiger partial charge on any atom is -0.354 e. The normalized spacial score (nSPS) is 12.8. The Morgan fingerprint density at radius 3 is 2.53 bits per heavy atom. The zero-order valence-electron chi connectivity index (χ0n) is 12.2. The van der Waals surface area contributed by atoms with Gasteiger partial charge >= 0.3 is 0 Å². The lowest BCUT2D eigenvalue weighted by Gasteiger charge is -2.15. The molecule has 1 amide bonds. The molecular formula is C13H23BrN4O. The summed E-state index contributed by atoms with van der Waals surface area (Å²) in [5.41, 5.74) is 2.00. The second-order valence-corrected chi connectivity index (χ2v) is 6.00. The van der Waals surface area contributed by atoms with Crippen LogP contribution in [0.25, 0.3) is 0 Å². The first-order valence-electron chi connectivity index (χ1n) is 6.52. The molecule has 19 heavy (non-hydrogen) atoms. The SMILES string of the molecule is Cc1nn(C)c(CNC(C)C(=O)NCC(C)C)c1Br. The second-order valence-electron chi connectivity index (χ2n) is 5.21. The van der Waals surface area contributed by atoms with Gasteiger partial charge in [-0.05, 0) is 35.7 Å². The number of carbonyl (C=O) groups is 1. The summed E-state index contributed by atoms with van der Waals surface area (Å²) >= 11 is 3.51. The van der Waals surface area contributed by atoms with E-state index in [9.17, 15) is 4.79 Å². The lowest BCUT2D eigenvalue weighted by molar-refractivity contribution is -0.122. The first-order chi connectivity index (χ1) is 8.82. The average Bonchev–Trinajstić information content (AvgIpc) is 2.58. The van der Waals surface area contributed by atoms with Crippen LogP contribution in [0.5, 0.6) is 0 Å². The molecule has 0 saturated carbocycles. The molecule has 6 heteroatoms. The van der Waals surface area contributed by atoms with Crippen LogP contribution in [0.3, 0.4) is 0 Å². The van der Waals surface area contributed by atoms with E-state index in [0.717, 1.165) is 15.9 Å². The maximum absolute atomic E-state index is 11.8. The molecule has 1 aromatic rings. The van der Waals surface area contributed by atoms with E-state index in [1.807, 2.05) is 25.6 Å². The molecule has 108 valence electrons. The van der Waals surface area contributed by atoms with Crippen molar-refractivity contribution in [1.82, 2.24) is 20.4 Å². The molecule has 0 bridgehead atoms. The molecule has 1 rings (SSSR count). The fourth-order valence-electron chi connectivity index (χ4n) is 1.67. The van der Waals surface area contributed by atoms with Crippen molar-refractivity contribution < 1.29 is 4.79 Å². The standard InChI is InChI=1S/C13H23BrN4O/c1-8(2)6-16-13(19)10(4)15-7-11-12(14)9(3)17-18(11)5/h8,10,15H,6-7H2,1-5H3,(H,16,19). The zero-order chi connectivity index (χ0) is 14.6. The number of aromatic nitrogens is 2. The highest BCUT2D eigenvalue weighted by Gasteiger charge is 2.15. The summed E-state index contributed by atoms with van der Waals surface area (Å²) in [6.45, 7) is 9.29. The minimum absolute atomic E-state index is 0.0312. The number of nitrogens with zero attached hydrogens (tertiary/aromatic N) is 2. The number of nitrogens with one attached hydrogen (secondary N) is 2. The molecule has 0 saturated heterocycles. The van der Waals surface area contributed by atoms with Crippen molar-refractivity contribution in [2.24, 2.45) is 13.0 Å². The van der Waals surface area contributed by atoms with E-state index < -0.39 is 0 Å². The van der Waals surface area contributed by atoms with Crippen LogP contribution in [0.4, 0.5) is 0 Å². The van der Waals surface area contributed by atoms with Gasteiger partial charge in [0.05, 0.1) is 21.9 Å². The Bertz CT molecular complexity index is 442. The van der Waals surface area contributed by atoms with E-state index in [-0.39, 0.29) is 11.9 Å². The largest absolute Gasteiger partial charge is 0.354 e. The highest BCUT2D eigenvalue weighted by Crippen LogP contribution is 2.19. The Balaban J connectivity index is 2.49. The molecule has 1 heterocycles. The predicted molar refractivity (Wildman–Crippen MR) is 79.8 cm³/mol. The summed E-state index contributed by atoms with van der Waals surface area (Å²) in [4.78, 5) is 11.8. The third-order valence-corrected chi connectivity index (χ3v) is 3.95. The highest BCUT2D eigenvalue weighted by atomic mass is 79.9. The first kappa shape index (κ1) is 16.2. The summed E-state index contributed by atoms with van der Waals surface area (Å²) in [6, 6.07) is -0.221. The molecule has 1 unspecified atom stereocenters. The fourth-order valence-corrected chi connectivity index (χ4v) is 2.15. The molecule has 0 aromatic carbocycles. The van der Waals surface area contributed by atoms with Gasteiger partial charge in [-0.3, -0.25) is 9.48 Å². The van der Waals surface area contributed by atoms with E-state index in [1.54, 1.807) is 0 Å².